The zero-order valence-electron chi connectivity index (χ0n) is 29.9. The smallest absolute Gasteiger partial charge is 0.307 e. The van der Waals surface area contributed by atoms with Gasteiger partial charge in [0.05, 0.1) is 6.42 Å². The molecule has 0 radical (unpaired) electrons. The van der Waals surface area contributed by atoms with E-state index in [1.54, 1.807) is 5.57 Å². The maximum Gasteiger partial charge on any atom is 0.307 e. The first-order valence-electron chi connectivity index (χ1n) is 18.7. The van der Waals surface area contributed by atoms with Crippen molar-refractivity contribution in [3.05, 3.63) is 11.1 Å². The Morgan fingerprint density at radius 2 is 1.67 bits per heavy atom. The SMILES string of the molecule is CC(C)C1=C2C3CCC4C(C)(CCC5C(C)(C)C(OC(=O)CC(C)(C)C=O)CCC54C)C3CCC2(CCNCC2CC2)CC1=O. The van der Waals surface area contributed by atoms with Crippen LogP contribution in [0.25, 0.3) is 0 Å². The van der Waals surface area contributed by atoms with Gasteiger partial charge in [-0.25, -0.2) is 0 Å². The van der Waals surface area contributed by atoms with Crippen molar-refractivity contribution < 1.29 is 19.1 Å². The van der Waals surface area contributed by atoms with Crippen molar-refractivity contribution in [2.75, 3.05) is 13.1 Å². The van der Waals surface area contributed by atoms with Gasteiger partial charge in [-0.2, -0.15) is 0 Å². The predicted octanol–water partition coefficient (Wildman–Crippen LogP) is 8.49. The summed E-state index contributed by atoms with van der Waals surface area (Å²) in [5.41, 5.74) is 2.62. The quantitative estimate of drug-likeness (QED) is 0.150. The van der Waals surface area contributed by atoms with E-state index in [9.17, 15) is 14.4 Å². The van der Waals surface area contributed by atoms with Crippen LogP contribution in [0.15, 0.2) is 11.1 Å². The van der Waals surface area contributed by atoms with E-state index in [0.717, 1.165) is 51.0 Å². The molecule has 5 nitrogen and oxygen atoms in total. The van der Waals surface area contributed by atoms with Gasteiger partial charge in [0, 0.05) is 22.7 Å². The summed E-state index contributed by atoms with van der Waals surface area (Å²) < 4.78 is 6.20. The first kappa shape index (κ1) is 33.4. The minimum atomic E-state index is -0.685. The fraction of sp³-hybridized carbons (Fsp3) is 0.875. The van der Waals surface area contributed by atoms with Gasteiger partial charge in [0.2, 0.25) is 0 Å². The molecule has 0 heterocycles. The van der Waals surface area contributed by atoms with Crippen LogP contribution in [-0.4, -0.2) is 37.2 Å². The molecule has 0 aromatic rings. The summed E-state index contributed by atoms with van der Waals surface area (Å²) in [7, 11) is 0. The summed E-state index contributed by atoms with van der Waals surface area (Å²) in [6.45, 7) is 20.3. The minimum Gasteiger partial charge on any atom is -0.462 e. The monoisotopic (exact) mass is 621 g/mol. The molecule has 6 aliphatic carbocycles. The molecular weight excluding hydrogens is 558 g/mol. The van der Waals surface area contributed by atoms with E-state index in [2.05, 4.69) is 46.9 Å². The molecule has 252 valence electrons. The molecule has 5 saturated carbocycles. The van der Waals surface area contributed by atoms with Crippen LogP contribution in [-0.2, 0) is 19.1 Å². The average molecular weight is 622 g/mol. The largest absolute Gasteiger partial charge is 0.462 e. The molecule has 0 aliphatic heterocycles. The topological polar surface area (TPSA) is 72.5 Å². The van der Waals surface area contributed by atoms with Crippen LogP contribution in [0.4, 0.5) is 0 Å². The van der Waals surface area contributed by atoms with Crippen LogP contribution >= 0.6 is 0 Å². The highest BCUT2D eigenvalue weighted by Gasteiger charge is 2.66. The molecular formula is C40H63NO4. The third-order valence-electron chi connectivity index (χ3n) is 14.8. The van der Waals surface area contributed by atoms with Crippen LogP contribution < -0.4 is 5.32 Å². The summed E-state index contributed by atoms with van der Waals surface area (Å²) in [5, 5.41) is 3.78. The maximum absolute atomic E-state index is 13.8. The Morgan fingerprint density at radius 3 is 2.33 bits per heavy atom. The lowest BCUT2D eigenvalue weighted by Crippen LogP contribution is -2.63. The molecule has 0 aromatic heterocycles. The Hall–Kier alpha value is -1.49. The number of carbonyl (C=O) groups excluding carboxylic acids is 3. The van der Waals surface area contributed by atoms with Gasteiger partial charge in [-0.15, -0.1) is 0 Å². The fourth-order valence-electron chi connectivity index (χ4n) is 12.5. The van der Waals surface area contributed by atoms with E-state index < -0.39 is 5.41 Å². The highest BCUT2D eigenvalue weighted by atomic mass is 16.5. The molecule has 0 amide bonds. The third-order valence-corrected chi connectivity index (χ3v) is 14.8. The van der Waals surface area contributed by atoms with Crippen molar-refractivity contribution in [1.82, 2.24) is 5.32 Å². The number of carbonyl (C=O) groups is 3. The first-order valence-corrected chi connectivity index (χ1v) is 18.7. The number of Topliss-reactive ketones (excluding diaryl/α,β-unsaturated/α-hetero) is 1. The Morgan fingerprint density at radius 1 is 0.956 bits per heavy atom. The number of aldehydes is 1. The number of ketones is 1. The zero-order valence-corrected chi connectivity index (χ0v) is 29.9. The molecule has 8 unspecified atom stereocenters. The second-order valence-corrected chi connectivity index (χ2v) is 18.9. The first-order chi connectivity index (χ1) is 21.1. The molecule has 6 aliphatic rings. The number of hydrogen-bond donors (Lipinski definition) is 1. The van der Waals surface area contributed by atoms with Crippen LogP contribution in [0.3, 0.4) is 0 Å². The van der Waals surface area contributed by atoms with E-state index in [0.29, 0.717) is 35.4 Å². The molecule has 1 N–H and O–H groups in total. The molecule has 8 atom stereocenters. The molecule has 6 rings (SSSR count). The molecule has 0 aromatic carbocycles. The lowest BCUT2D eigenvalue weighted by atomic mass is 9.36. The number of nitrogens with one attached hydrogen (secondary N) is 1. The summed E-state index contributed by atoms with van der Waals surface area (Å²) in [6.07, 6.45) is 14.9. The number of fused-ring (bicyclic) bond motifs is 7. The normalized spacial score (nSPS) is 40.8. The number of ether oxygens (including phenoxy) is 1. The van der Waals surface area contributed by atoms with Gasteiger partial charge >= 0.3 is 5.97 Å². The number of allylic oxidation sites excluding steroid dienone is 2. The van der Waals surface area contributed by atoms with E-state index >= 15 is 0 Å². The van der Waals surface area contributed by atoms with Crippen molar-refractivity contribution in [1.29, 1.82) is 0 Å². The summed E-state index contributed by atoms with van der Waals surface area (Å²) in [5.74, 6) is 3.78. The fourth-order valence-corrected chi connectivity index (χ4v) is 12.5. The molecule has 0 spiro atoms. The maximum atomic E-state index is 13.8. The van der Waals surface area contributed by atoms with Gasteiger partial charge in [-0.1, -0.05) is 61.0 Å². The Balaban J connectivity index is 1.23. The van der Waals surface area contributed by atoms with Crippen molar-refractivity contribution in [2.24, 2.45) is 62.6 Å². The predicted molar refractivity (Wildman–Crippen MR) is 179 cm³/mol. The van der Waals surface area contributed by atoms with Crippen molar-refractivity contribution in [3.8, 4) is 0 Å². The Bertz CT molecular complexity index is 1230. The van der Waals surface area contributed by atoms with Crippen molar-refractivity contribution in [2.45, 2.75) is 145 Å². The molecule has 5 fully saturated rings. The zero-order chi connectivity index (χ0) is 32.6. The van der Waals surface area contributed by atoms with Crippen molar-refractivity contribution >= 4 is 18.0 Å². The van der Waals surface area contributed by atoms with Crippen LogP contribution in [0.2, 0.25) is 0 Å². The number of rotatable bonds is 10. The van der Waals surface area contributed by atoms with E-state index in [1.165, 1.54) is 56.9 Å². The highest BCUT2D eigenvalue weighted by molar-refractivity contribution is 6.00. The average Bonchev–Trinajstić information content (AvgIpc) is 3.72. The molecule has 0 bridgehead atoms. The van der Waals surface area contributed by atoms with Gasteiger partial charge in [-0.3, -0.25) is 9.59 Å². The highest BCUT2D eigenvalue weighted by Crippen LogP contribution is 2.73. The van der Waals surface area contributed by atoms with E-state index in [1.807, 2.05) is 13.8 Å². The lowest BCUT2D eigenvalue weighted by molar-refractivity contribution is -0.213. The van der Waals surface area contributed by atoms with Crippen LogP contribution in [0.1, 0.15) is 139 Å². The second kappa shape index (κ2) is 11.6. The van der Waals surface area contributed by atoms with E-state index in [4.69, 9.17) is 4.74 Å². The summed E-state index contributed by atoms with van der Waals surface area (Å²) >= 11 is 0. The van der Waals surface area contributed by atoms with E-state index in [-0.39, 0.29) is 40.2 Å². The second-order valence-electron chi connectivity index (χ2n) is 18.9. The van der Waals surface area contributed by atoms with Crippen molar-refractivity contribution in [3.63, 3.8) is 0 Å². The summed E-state index contributed by atoms with van der Waals surface area (Å²) in [4.78, 5) is 38.2. The third kappa shape index (κ3) is 5.61. The number of esters is 1. The Kier molecular flexibility index (Phi) is 8.60. The van der Waals surface area contributed by atoms with Gasteiger partial charge in [0.25, 0.3) is 0 Å². The molecule has 5 heteroatoms. The van der Waals surface area contributed by atoms with Gasteiger partial charge in [0.15, 0.2) is 5.78 Å². The minimum absolute atomic E-state index is 0.0844. The van der Waals surface area contributed by atoms with Gasteiger partial charge in [0.1, 0.15) is 12.4 Å². The lowest BCUT2D eigenvalue weighted by Gasteiger charge is -2.69. The molecule has 0 saturated heterocycles. The summed E-state index contributed by atoms with van der Waals surface area (Å²) in [6, 6.07) is 0. The number of hydrogen-bond acceptors (Lipinski definition) is 5. The van der Waals surface area contributed by atoms with Crippen LogP contribution in [0, 0.1) is 62.6 Å². The van der Waals surface area contributed by atoms with Gasteiger partial charge in [-0.05, 0) is 136 Å². The standard InChI is InChI=1S/C40H63NO4/c1-25(2)34-29(43)21-40(19-20-41-23-26-9-10-26)18-13-28-27(35(34)40)11-12-31-38(28,7)16-14-30-37(5,6)32(15-17-39(30,31)8)45-33(44)22-36(3,4)24-42/h24-28,30-32,41H,9-23H2,1-8H3. The Labute approximate surface area is 273 Å². The van der Waals surface area contributed by atoms with Crippen LogP contribution in [0.5, 0.6) is 0 Å². The molecule has 45 heavy (non-hydrogen) atoms. The van der Waals surface area contributed by atoms with Gasteiger partial charge < -0.3 is 14.8 Å².